The number of nitrogens with one attached hydrogen (secondary N) is 1. The second kappa shape index (κ2) is 7.84. The Morgan fingerprint density at radius 1 is 1.42 bits per heavy atom. The Hall–Kier alpha value is -1.49. The van der Waals surface area contributed by atoms with Crippen LogP contribution in [0.1, 0.15) is 33.1 Å². The van der Waals surface area contributed by atoms with Gasteiger partial charge in [-0.2, -0.15) is 4.39 Å². The molecule has 1 rings (SSSR count). The van der Waals surface area contributed by atoms with Gasteiger partial charge < -0.3 is 11.1 Å². The molecule has 106 valence electrons. The van der Waals surface area contributed by atoms with E-state index < -0.39 is 5.95 Å². The maximum absolute atomic E-state index is 12.9. The number of hydrogen-bond donors (Lipinski definition) is 2. The van der Waals surface area contributed by atoms with E-state index in [1.165, 1.54) is 12.1 Å². The molecule has 0 spiro atoms. The molecule has 1 amide bonds. The largest absolute Gasteiger partial charge is 0.330 e. The monoisotopic (exact) mass is 267 g/mol. The molecule has 0 bridgehead atoms. The molecule has 0 saturated carbocycles. The molecule has 1 heterocycles. The van der Waals surface area contributed by atoms with E-state index in [1.54, 1.807) is 6.07 Å². The van der Waals surface area contributed by atoms with E-state index in [9.17, 15) is 9.18 Å². The molecule has 0 aliphatic rings. The third kappa shape index (κ3) is 5.79. The van der Waals surface area contributed by atoms with Gasteiger partial charge in [0.1, 0.15) is 5.82 Å². The predicted molar refractivity (Wildman–Crippen MR) is 74.1 cm³/mol. The van der Waals surface area contributed by atoms with Crippen LogP contribution < -0.4 is 11.1 Å². The molecule has 1 atom stereocenters. The Balaban J connectivity index is 2.42. The Labute approximate surface area is 113 Å². The number of rotatable bonds is 7. The van der Waals surface area contributed by atoms with Gasteiger partial charge in [0, 0.05) is 6.42 Å². The van der Waals surface area contributed by atoms with Crippen molar-refractivity contribution in [1.82, 2.24) is 4.98 Å². The number of nitrogens with zero attached hydrogens (tertiary/aromatic N) is 1. The zero-order valence-corrected chi connectivity index (χ0v) is 11.5. The van der Waals surface area contributed by atoms with Crippen LogP contribution in [0.4, 0.5) is 10.2 Å². The molecular weight excluding hydrogens is 245 g/mol. The number of aromatic nitrogens is 1. The average Bonchev–Trinajstić information content (AvgIpc) is 2.34. The quantitative estimate of drug-likeness (QED) is 0.746. The minimum atomic E-state index is -0.596. The van der Waals surface area contributed by atoms with Crippen LogP contribution >= 0.6 is 0 Å². The minimum absolute atomic E-state index is 0.138. The maximum Gasteiger partial charge on any atom is 0.225 e. The Morgan fingerprint density at radius 2 is 2.16 bits per heavy atom. The first-order valence-electron chi connectivity index (χ1n) is 6.65. The van der Waals surface area contributed by atoms with Gasteiger partial charge in [-0.3, -0.25) is 4.79 Å². The van der Waals surface area contributed by atoms with E-state index in [2.05, 4.69) is 24.1 Å². The van der Waals surface area contributed by atoms with Crippen LogP contribution in [0.2, 0.25) is 0 Å². The van der Waals surface area contributed by atoms with Gasteiger partial charge in [0.15, 0.2) is 0 Å². The zero-order valence-electron chi connectivity index (χ0n) is 11.5. The maximum atomic E-state index is 12.9. The zero-order chi connectivity index (χ0) is 14.3. The van der Waals surface area contributed by atoms with Gasteiger partial charge in [-0.05, 0) is 43.4 Å². The summed E-state index contributed by atoms with van der Waals surface area (Å²) in [6.07, 6.45) is 2.11. The number of pyridine rings is 1. The third-order valence-corrected chi connectivity index (χ3v) is 3.21. The van der Waals surface area contributed by atoms with E-state index in [4.69, 9.17) is 5.73 Å². The SMILES string of the molecule is CC(C)C(CCN)CCC(=O)Nc1cccc(F)n1. The molecular formula is C14H22FN3O. The van der Waals surface area contributed by atoms with Crippen molar-refractivity contribution in [2.75, 3.05) is 11.9 Å². The molecule has 5 heteroatoms. The van der Waals surface area contributed by atoms with Gasteiger partial charge in [-0.1, -0.05) is 19.9 Å². The van der Waals surface area contributed by atoms with Crippen LogP contribution in [0.25, 0.3) is 0 Å². The highest BCUT2D eigenvalue weighted by molar-refractivity contribution is 5.89. The average molecular weight is 267 g/mol. The highest BCUT2D eigenvalue weighted by Gasteiger charge is 2.14. The molecule has 1 aromatic heterocycles. The molecule has 0 aromatic carbocycles. The molecule has 0 aliphatic carbocycles. The first-order valence-corrected chi connectivity index (χ1v) is 6.65. The molecule has 0 saturated heterocycles. The lowest BCUT2D eigenvalue weighted by Gasteiger charge is -2.19. The molecule has 19 heavy (non-hydrogen) atoms. The highest BCUT2D eigenvalue weighted by atomic mass is 19.1. The number of amides is 1. The van der Waals surface area contributed by atoms with Gasteiger partial charge in [0.05, 0.1) is 0 Å². The Morgan fingerprint density at radius 3 is 2.74 bits per heavy atom. The molecule has 1 aromatic rings. The van der Waals surface area contributed by atoms with E-state index >= 15 is 0 Å². The normalized spacial score (nSPS) is 12.5. The van der Waals surface area contributed by atoms with Crippen LogP contribution in [0, 0.1) is 17.8 Å². The molecule has 0 fully saturated rings. The fourth-order valence-electron chi connectivity index (χ4n) is 2.02. The summed E-state index contributed by atoms with van der Waals surface area (Å²) in [5.41, 5.74) is 5.56. The Bertz CT molecular complexity index is 409. The van der Waals surface area contributed by atoms with Crippen molar-refractivity contribution in [3.05, 3.63) is 24.1 Å². The van der Waals surface area contributed by atoms with Gasteiger partial charge in [0.2, 0.25) is 11.9 Å². The van der Waals surface area contributed by atoms with E-state index in [0.717, 1.165) is 12.8 Å². The van der Waals surface area contributed by atoms with Crippen molar-refractivity contribution in [2.45, 2.75) is 33.1 Å². The summed E-state index contributed by atoms with van der Waals surface area (Å²) in [4.78, 5) is 15.3. The summed E-state index contributed by atoms with van der Waals surface area (Å²) in [6.45, 7) is 4.90. The lowest BCUT2D eigenvalue weighted by Crippen LogP contribution is -2.18. The van der Waals surface area contributed by atoms with Crippen LogP contribution in [0.15, 0.2) is 18.2 Å². The van der Waals surface area contributed by atoms with Crippen molar-refractivity contribution in [3.63, 3.8) is 0 Å². The first kappa shape index (κ1) is 15.6. The lowest BCUT2D eigenvalue weighted by molar-refractivity contribution is -0.116. The Kier molecular flexibility index (Phi) is 6.42. The molecule has 0 aliphatic heterocycles. The summed E-state index contributed by atoms with van der Waals surface area (Å²) in [5, 5.41) is 2.60. The van der Waals surface area contributed by atoms with Crippen molar-refractivity contribution in [3.8, 4) is 0 Å². The summed E-state index contributed by atoms with van der Waals surface area (Å²) in [7, 11) is 0. The van der Waals surface area contributed by atoms with Gasteiger partial charge >= 0.3 is 0 Å². The number of halogens is 1. The number of anilines is 1. The van der Waals surface area contributed by atoms with Crippen molar-refractivity contribution >= 4 is 11.7 Å². The van der Waals surface area contributed by atoms with Crippen molar-refractivity contribution < 1.29 is 9.18 Å². The van der Waals surface area contributed by atoms with Gasteiger partial charge in [0.25, 0.3) is 0 Å². The van der Waals surface area contributed by atoms with E-state index in [-0.39, 0.29) is 11.7 Å². The molecule has 1 unspecified atom stereocenters. The van der Waals surface area contributed by atoms with Crippen LogP contribution in [0.3, 0.4) is 0 Å². The number of nitrogens with two attached hydrogens (primary N) is 1. The fraction of sp³-hybridized carbons (Fsp3) is 0.571. The van der Waals surface area contributed by atoms with E-state index in [0.29, 0.717) is 24.8 Å². The smallest absolute Gasteiger partial charge is 0.225 e. The van der Waals surface area contributed by atoms with Crippen LogP contribution in [-0.4, -0.2) is 17.4 Å². The summed E-state index contributed by atoms with van der Waals surface area (Å²) in [5.74, 6) is 0.464. The summed E-state index contributed by atoms with van der Waals surface area (Å²) in [6, 6.07) is 4.33. The van der Waals surface area contributed by atoms with Crippen LogP contribution in [0.5, 0.6) is 0 Å². The third-order valence-electron chi connectivity index (χ3n) is 3.21. The standard InChI is InChI=1S/C14H22FN3O/c1-10(2)11(8-9-16)6-7-14(19)18-13-5-3-4-12(15)17-13/h3-5,10-11H,6-9,16H2,1-2H3,(H,17,18,19). The number of carbonyl (C=O) groups is 1. The van der Waals surface area contributed by atoms with Crippen LogP contribution in [-0.2, 0) is 4.79 Å². The molecule has 0 radical (unpaired) electrons. The lowest BCUT2D eigenvalue weighted by atomic mass is 9.88. The van der Waals surface area contributed by atoms with Gasteiger partial charge in [-0.15, -0.1) is 0 Å². The van der Waals surface area contributed by atoms with Crippen molar-refractivity contribution in [1.29, 1.82) is 0 Å². The highest BCUT2D eigenvalue weighted by Crippen LogP contribution is 2.20. The second-order valence-electron chi connectivity index (χ2n) is 5.01. The fourth-order valence-corrected chi connectivity index (χ4v) is 2.02. The predicted octanol–water partition coefficient (Wildman–Crippen LogP) is 2.56. The first-order chi connectivity index (χ1) is 9.02. The summed E-state index contributed by atoms with van der Waals surface area (Å²) >= 11 is 0. The van der Waals surface area contributed by atoms with Gasteiger partial charge in [-0.25, -0.2) is 4.98 Å². The molecule has 4 nitrogen and oxygen atoms in total. The van der Waals surface area contributed by atoms with Crippen molar-refractivity contribution in [2.24, 2.45) is 17.6 Å². The number of carbonyl (C=O) groups excluding carboxylic acids is 1. The minimum Gasteiger partial charge on any atom is -0.330 e. The topological polar surface area (TPSA) is 68.0 Å². The number of hydrogen-bond acceptors (Lipinski definition) is 3. The second-order valence-corrected chi connectivity index (χ2v) is 5.01. The molecule has 3 N–H and O–H groups in total. The summed E-state index contributed by atoms with van der Waals surface area (Å²) < 4.78 is 12.9. The van der Waals surface area contributed by atoms with E-state index in [1.807, 2.05) is 0 Å².